The van der Waals surface area contributed by atoms with Crippen molar-refractivity contribution in [1.29, 1.82) is 0 Å². The minimum atomic E-state index is 0.183. The molecule has 96 valence electrons. The first-order valence-electron chi connectivity index (χ1n) is 6.57. The first-order valence-corrected chi connectivity index (χ1v) is 7.38. The Labute approximate surface area is 111 Å². The maximum atomic E-state index is 6.16. The van der Waals surface area contributed by atoms with Crippen molar-refractivity contribution in [1.82, 2.24) is 14.8 Å². The van der Waals surface area contributed by atoms with Crippen LogP contribution in [-0.2, 0) is 13.0 Å². The van der Waals surface area contributed by atoms with Gasteiger partial charge in [0.2, 0.25) is 0 Å². The zero-order valence-corrected chi connectivity index (χ0v) is 11.4. The number of hydrogen-bond donors (Lipinski definition) is 1. The minimum Gasteiger partial charge on any atom is -0.323 e. The van der Waals surface area contributed by atoms with Crippen LogP contribution in [0.25, 0.3) is 10.7 Å². The van der Waals surface area contributed by atoms with Crippen molar-refractivity contribution >= 4 is 11.3 Å². The smallest absolute Gasteiger partial charge is 0.142 e. The van der Waals surface area contributed by atoms with Gasteiger partial charge in [-0.1, -0.05) is 6.92 Å². The van der Waals surface area contributed by atoms with E-state index >= 15 is 0 Å². The topological polar surface area (TPSA) is 56.7 Å². The largest absolute Gasteiger partial charge is 0.323 e. The zero-order valence-electron chi connectivity index (χ0n) is 10.6. The van der Waals surface area contributed by atoms with Crippen LogP contribution in [0.2, 0.25) is 0 Å². The third-order valence-corrected chi connectivity index (χ3v) is 4.62. The molecule has 1 unspecified atom stereocenters. The molecule has 0 aliphatic heterocycles. The Hall–Kier alpha value is -1.20. The monoisotopic (exact) mass is 262 g/mol. The number of aryl methyl sites for hydroxylation is 2. The van der Waals surface area contributed by atoms with Crippen molar-refractivity contribution in [3.05, 3.63) is 22.8 Å². The molecule has 5 heteroatoms. The Kier molecular flexibility index (Phi) is 3.18. The molecule has 0 saturated heterocycles. The summed E-state index contributed by atoms with van der Waals surface area (Å²) in [5.41, 5.74) is 8.49. The van der Waals surface area contributed by atoms with Gasteiger partial charge in [0.1, 0.15) is 5.01 Å². The van der Waals surface area contributed by atoms with E-state index in [1.165, 1.54) is 10.6 Å². The molecule has 0 aromatic carbocycles. The molecule has 0 radical (unpaired) electrons. The molecular weight excluding hydrogens is 244 g/mol. The zero-order chi connectivity index (χ0) is 12.5. The quantitative estimate of drug-likeness (QED) is 0.925. The lowest BCUT2D eigenvalue weighted by atomic mass is 9.99. The van der Waals surface area contributed by atoms with E-state index < -0.39 is 0 Å². The second kappa shape index (κ2) is 4.82. The second-order valence-electron chi connectivity index (χ2n) is 4.77. The fourth-order valence-corrected chi connectivity index (χ4v) is 3.64. The molecule has 2 aromatic heterocycles. The van der Waals surface area contributed by atoms with Crippen molar-refractivity contribution in [2.24, 2.45) is 5.73 Å². The van der Waals surface area contributed by atoms with Gasteiger partial charge in [-0.25, -0.2) is 4.98 Å². The third-order valence-electron chi connectivity index (χ3n) is 3.36. The van der Waals surface area contributed by atoms with Crippen LogP contribution in [0.4, 0.5) is 0 Å². The fourth-order valence-electron chi connectivity index (χ4n) is 2.47. The minimum absolute atomic E-state index is 0.183. The Balaban J connectivity index is 1.99. The summed E-state index contributed by atoms with van der Waals surface area (Å²) in [6.45, 7) is 3.10. The molecule has 2 heterocycles. The number of nitrogens with two attached hydrogens (primary N) is 1. The predicted octanol–water partition coefficient (Wildman–Crippen LogP) is 2.75. The first-order chi connectivity index (χ1) is 8.79. The Bertz CT molecular complexity index is 543. The average molecular weight is 262 g/mol. The standard InChI is InChI=1S/C13H18N4S/c1-2-8-17-11(6-7-15-17)13-16-10-5-3-4-9(14)12(10)18-13/h6-7,9H,2-5,8,14H2,1H3. The molecule has 1 aliphatic carbocycles. The van der Waals surface area contributed by atoms with Crippen molar-refractivity contribution < 1.29 is 0 Å². The molecule has 3 rings (SSSR count). The van der Waals surface area contributed by atoms with Crippen LogP contribution in [0.1, 0.15) is 42.8 Å². The summed E-state index contributed by atoms with van der Waals surface area (Å²) in [7, 11) is 0. The molecule has 2 N–H and O–H groups in total. The SMILES string of the molecule is CCCn1nccc1-c1nc2c(s1)C(N)CCC2. The molecule has 1 atom stereocenters. The summed E-state index contributed by atoms with van der Waals surface area (Å²) in [5, 5.41) is 5.43. The molecule has 0 spiro atoms. The number of aromatic nitrogens is 3. The molecule has 0 bridgehead atoms. The number of fused-ring (bicyclic) bond motifs is 1. The second-order valence-corrected chi connectivity index (χ2v) is 5.80. The lowest BCUT2D eigenvalue weighted by Crippen LogP contribution is -2.15. The molecule has 1 aliphatic rings. The van der Waals surface area contributed by atoms with Crippen LogP contribution < -0.4 is 5.73 Å². The van der Waals surface area contributed by atoms with Crippen LogP contribution in [0.5, 0.6) is 0 Å². The van der Waals surface area contributed by atoms with E-state index in [4.69, 9.17) is 10.7 Å². The van der Waals surface area contributed by atoms with Crippen LogP contribution in [0.3, 0.4) is 0 Å². The van der Waals surface area contributed by atoms with Gasteiger partial charge < -0.3 is 5.73 Å². The van der Waals surface area contributed by atoms with Gasteiger partial charge in [0.15, 0.2) is 0 Å². The van der Waals surface area contributed by atoms with E-state index in [0.717, 1.165) is 42.9 Å². The summed E-state index contributed by atoms with van der Waals surface area (Å²) >= 11 is 1.74. The van der Waals surface area contributed by atoms with Gasteiger partial charge in [-0.05, 0) is 31.7 Å². The first kappa shape index (κ1) is 11.9. The van der Waals surface area contributed by atoms with Crippen LogP contribution in [0, 0.1) is 0 Å². The number of thiazole rings is 1. The summed E-state index contributed by atoms with van der Waals surface area (Å²) in [5.74, 6) is 0. The van der Waals surface area contributed by atoms with Gasteiger partial charge in [0.05, 0.1) is 11.4 Å². The lowest BCUT2D eigenvalue weighted by Gasteiger charge is -2.15. The van der Waals surface area contributed by atoms with E-state index in [1.807, 2.05) is 16.9 Å². The molecule has 2 aromatic rings. The highest BCUT2D eigenvalue weighted by atomic mass is 32.1. The van der Waals surface area contributed by atoms with Crippen LogP contribution in [-0.4, -0.2) is 14.8 Å². The number of rotatable bonds is 3. The highest BCUT2D eigenvalue weighted by Crippen LogP contribution is 2.36. The molecule has 18 heavy (non-hydrogen) atoms. The van der Waals surface area contributed by atoms with Crippen LogP contribution >= 0.6 is 11.3 Å². The molecule has 0 amide bonds. The van der Waals surface area contributed by atoms with Crippen molar-refractivity contribution in [3.8, 4) is 10.7 Å². The van der Waals surface area contributed by atoms with Gasteiger partial charge in [-0.15, -0.1) is 11.3 Å². The fraction of sp³-hybridized carbons (Fsp3) is 0.538. The maximum absolute atomic E-state index is 6.16. The number of nitrogens with zero attached hydrogens (tertiary/aromatic N) is 3. The Morgan fingerprint density at radius 2 is 2.44 bits per heavy atom. The molecule has 0 fully saturated rings. The lowest BCUT2D eigenvalue weighted by molar-refractivity contribution is 0.573. The van der Waals surface area contributed by atoms with Crippen molar-refractivity contribution in [3.63, 3.8) is 0 Å². The summed E-state index contributed by atoms with van der Waals surface area (Å²) in [6, 6.07) is 2.23. The normalized spacial score (nSPS) is 18.9. The van der Waals surface area contributed by atoms with Gasteiger partial charge >= 0.3 is 0 Å². The van der Waals surface area contributed by atoms with Gasteiger partial charge in [-0.2, -0.15) is 5.10 Å². The van der Waals surface area contributed by atoms with Gasteiger partial charge in [-0.3, -0.25) is 4.68 Å². The maximum Gasteiger partial charge on any atom is 0.142 e. The summed E-state index contributed by atoms with van der Waals surface area (Å²) < 4.78 is 2.04. The van der Waals surface area contributed by atoms with E-state index in [-0.39, 0.29) is 6.04 Å². The molecular formula is C13H18N4S. The average Bonchev–Trinajstić information content (AvgIpc) is 2.95. The van der Waals surface area contributed by atoms with E-state index in [2.05, 4.69) is 12.0 Å². The molecule has 0 saturated carbocycles. The molecule has 4 nitrogen and oxygen atoms in total. The predicted molar refractivity (Wildman–Crippen MR) is 73.5 cm³/mol. The number of hydrogen-bond acceptors (Lipinski definition) is 4. The van der Waals surface area contributed by atoms with Crippen molar-refractivity contribution in [2.75, 3.05) is 0 Å². The van der Waals surface area contributed by atoms with Gasteiger partial charge in [0, 0.05) is 23.7 Å². The Morgan fingerprint density at radius 3 is 3.22 bits per heavy atom. The third kappa shape index (κ3) is 1.97. The van der Waals surface area contributed by atoms with E-state index in [9.17, 15) is 0 Å². The highest BCUT2D eigenvalue weighted by molar-refractivity contribution is 7.15. The highest BCUT2D eigenvalue weighted by Gasteiger charge is 2.23. The van der Waals surface area contributed by atoms with E-state index in [0.29, 0.717) is 0 Å². The van der Waals surface area contributed by atoms with E-state index in [1.54, 1.807) is 11.3 Å². The summed E-state index contributed by atoms with van der Waals surface area (Å²) in [6.07, 6.45) is 6.25. The Morgan fingerprint density at radius 1 is 1.56 bits per heavy atom. The van der Waals surface area contributed by atoms with Gasteiger partial charge in [0.25, 0.3) is 0 Å². The summed E-state index contributed by atoms with van der Waals surface area (Å²) in [4.78, 5) is 6.04. The van der Waals surface area contributed by atoms with Crippen LogP contribution in [0.15, 0.2) is 12.3 Å². The van der Waals surface area contributed by atoms with Crippen molar-refractivity contribution in [2.45, 2.75) is 45.2 Å².